The maximum atomic E-state index is 13.8. The van der Waals surface area contributed by atoms with Crippen LogP contribution in [0.2, 0.25) is 0 Å². The van der Waals surface area contributed by atoms with E-state index in [1.165, 1.54) is 12.1 Å². The van der Waals surface area contributed by atoms with Gasteiger partial charge in [-0.05, 0) is 47.4 Å². The lowest BCUT2D eigenvalue weighted by Crippen LogP contribution is -2.42. The van der Waals surface area contributed by atoms with Crippen molar-refractivity contribution in [2.75, 3.05) is 13.1 Å². The van der Waals surface area contributed by atoms with Crippen LogP contribution in [-0.4, -0.2) is 24.0 Å². The van der Waals surface area contributed by atoms with Crippen LogP contribution in [0.1, 0.15) is 18.4 Å². The van der Waals surface area contributed by atoms with Crippen LogP contribution in [0.3, 0.4) is 0 Å². The van der Waals surface area contributed by atoms with Crippen LogP contribution in [-0.2, 0) is 6.54 Å². The molecule has 2 N–H and O–H groups in total. The van der Waals surface area contributed by atoms with Gasteiger partial charge in [0.25, 0.3) is 0 Å². The maximum Gasteiger partial charge on any atom is 0.144 e. The second-order valence-electron chi connectivity index (χ2n) is 4.46. The Balaban J connectivity index is 2.15. The zero-order valence-corrected chi connectivity index (χ0v) is 11.0. The van der Waals surface area contributed by atoms with Crippen molar-refractivity contribution in [2.24, 2.45) is 5.73 Å². The second kappa shape index (κ2) is 5.42. The lowest BCUT2D eigenvalue weighted by atomic mass is 10.1. The summed E-state index contributed by atoms with van der Waals surface area (Å²) in [5, 5.41) is 0. The highest BCUT2D eigenvalue weighted by Crippen LogP contribution is 2.23. The molecule has 0 radical (unpaired) electrons. The normalized spacial score (nSPS) is 21.8. The zero-order chi connectivity index (χ0) is 12.4. The quantitative estimate of drug-likeness (QED) is 0.851. The molecule has 0 amide bonds. The molecule has 17 heavy (non-hydrogen) atoms. The molecule has 1 aromatic rings. The molecule has 1 aliphatic rings. The predicted octanol–water partition coefficient (Wildman–Crippen LogP) is 2.65. The molecule has 1 unspecified atom stereocenters. The van der Waals surface area contributed by atoms with Crippen molar-refractivity contribution in [3.05, 3.63) is 33.8 Å². The van der Waals surface area contributed by atoms with E-state index in [0.717, 1.165) is 19.4 Å². The van der Waals surface area contributed by atoms with Crippen molar-refractivity contribution >= 4 is 15.9 Å². The van der Waals surface area contributed by atoms with E-state index in [9.17, 15) is 8.78 Å². The summed E-state index contributed by atoms with van der Waals surface area (Å²) < 4.78 is 27.6. The zero-order valence-electron chi connectivity index (χ0n) is 9.43. The van der Waals surface area contributed by atoms with Crippen LogP contribution in [0.4, 0.5) is 8.78 Å². The minimum atomic E-state index is -0.510. The summed E-state index contributed by atoms with van der Waals surface area (Å²) in [6, 6.07) is 2.78. The molecule has 1 atom stereocenters. The summed E-state index contributed by atoms with van der Waals surface area (Å²) >= 11 is 3.07. The van der Waals surface area contributed by atoms with Gasteiger partial charge in [0, 0.05) is 24.7 Å². The van der Waals surface area contributed by atoms with Crippen molar-refractivity contribution in [1.29, 1.82) is 0 Å². The summed E-state index contributed by atoms with van der Waals surface area (Å²) in [5.74, 6) is -1.01. The monoisotopic (exact) mass is 304 g/mol. The van der Waals surface area contributed by atoms with E-state index in [-0.39, 0.29) is 18.2 Å². The minimum Gasteiger partial charge on any atom is -0.327 e. The second-order valence-corrected chi connectivity index (χ2v) is 5.31. The van der Waals surface area contributed by atoms with Crippen LogP contribution in [0.25, 0.3) is 0 Å². The first kappa shape index (κ1) is 12.9. The van der Waals surface area contributed by atoms with Crippen molar-refractivity contribution in [3.63, 3.8) is 0 Å². The van der Waals surface area contributed by atoms with Crippen LogP contribution >= 0.6 is 15.9 Å². The number of nitrogens with zero attached hydrogens (tertiary/aromatic N) is 1. The molecule has 1 heterocycles. The van der Waals surface area contributed by atoms with Crippen LogP contribution in [0, 0.1) is 11.6 Å². The Labute approximate surface area is 108 Å². The number of benzene rings is 1. The SMILES string of the molecule is NC1CCCN(Cc2c(F)ccc(Br)c2F)C1. The number of hydrogen-bond acceptors (Lipinski definition) is 2. The molecule has 2 rings (SSSR count). The van der Waals surface area contributed by atoms with Gasteiger partial charge in [-0.25, -0.2) is 8.78 Å². The van der Waals surface area contributed by atoms with Gasteiger partial charge in [0.05, 0.1) is 4.47 Å². The van der Waals surface area contributed by atoms with Gasteiger partial charge in [0.1, 0.15) is 11.6 Å². The third-order valence-electron chi connectivity index (χ3n) is 3.06. The summed E-state index contributed by atoms with van der Waals surface area (Å²) in [6.07, 6.45) is 1.97. The van der Waals surface area contributed by atoms with E-state index in [1.807, 2.05) is 4.90 Å². The molecule has 1 aromatic carbocycles. The third-order valence-corrected chi connectivity index (χ3v) is 3.68. The van der Waals surface area contributed by atoms with E-state index >= 15 is 0 Å². The van der Waals surface area contributed by atoms with Crippen LogP contribution in [0.5, 0.6) is 0 Å². The Morgan fingerprint density at radius 1 is 1.41 bits per heavy atom. The van der Waals surface area contributed by atoms with Gasteiger partial charge >= 0.3 is 0 Å². The van der Waals surface area contributed by atoms with E-state index in [2.05, 4.69) is 15.9 Å². The first-order valence-electron chi connectivity index (χ1n) is 5.68. The fourth-order valence-corrected chi connectivity index (χ4v) is 2.54. The highest BCUT2D eigenvalue weighted by Gasteiger charge is 2.20. The summed E-state index contributed by atoms with van der Waals surface area (Å²) in [7, 11) is 0. The fourth-order valence-electron chi connectivity index (χ4n) is 2.17. The number of hydrogen-bond donors (Lipinski definition) is 1. The largest absolute Gasteiger partial charge is 0.327 e. The molecule has 1 fully saturated rings. The number of piperidine rings is 1. The number of halogens is 3. The Kier molecular flexibility index (Phi) is 4.12. The van der Waals surface area contributed by atoms with Crippen molar-refractivity contribution in [1.82, 2.24) is 4.90 Å². The average Bonchev–Trinajstić information content (AvgIpc) is 2.30. The molecule has 0 aliphatic carbocycles. The van der Waals surface area contributed by atoms with Crippen molar-refractivity contribution < 1.29 is 8.78 Å². The Hall–Kier alpha value is -0.520. The Morgan fingerprint density at radius 3 is 2.88 bits per heavy atom. The van der Waals surface area contributed by atoms with Crippen molar-refractivity contribution in [2.45, 2.75) is 25.4 Å². The molecular weight excluding hydrogens is 290 g/mol. The minimum absolute atomic E-state index is 0.113. The van der Waals surface area contributed by atoms with Gasteiger partial charge in [0.2, 0.25) is 0 Å². The highest BCUT2D eigenvalue weighted by atomic mass is 79.9. The van der Waals surface area contributed by atoms with Gasteiger partial charge < -0.3 is 5.73 Å². The molecular formula is C12H15BrF2N2. The van der Waals surface area contributed by atoms with Gasteiger partial charge in [-0.15, -0.1) is 0 Å². The van der Waals surface area contributed by atoms with Gasteiger partial charge in [-0.2, -0.15) is 0 Å². The van der Waals surface area contributed by atoms with E-state index in [4.69, 9.17) is 5.73 Å². The molecule has 1 aliphatic heterocycles. The van der Waals surface area contributed by atoms with Crippen LogP contribution < -0.4 is 5.73 Å². The maximum absolute atomic E-state index is 13.8. The molecule has 1 saturated heterocycles. The van der Waals surface area contributed by atoms with E-state index in [1.54, 1.807) is 0 Å². The lowest BCUT2D eigenvalue weighted by Gasteiger charge is -2.30. The summed E-state index contributed by atoms with van der Waals surface area (Å²) in [6.45, 7) is 1.83. The molecule has 0 spiro atoms. The standard InChI is InChI=1S/C12H15BrF2N2/c13-10-3-4-11(14)9(12(10)15)7-17-5-1-2-8(16)6-17/h3-4,8H,1-2,5-7,16H2. The summed E-state index contributed by atoms with van der Waals surface area (Å²) in [4.78, 5) is 2.00. The lowest BCUT2D eigenvalue weighted by molar-refractivity contribution is 0.196. The van der Waals surface area contributed by atoms with E-state index < -0.39 is 11.6 Å². The topological polar surface area (TPSA) is 29.3 Å². The predicted molar refractivity (Wildman–Crippen MR) is 66.5 cm³/mol. The van der Waals surface area contributed by atoms with Gasteiger partial charge in [-0.1, -0.05) is 0 Å². The van der Waals surface area contributed by atoms with E-state index in [0.29, 0.717) is 11.0 Å². The van der Waals surface area contributed by atoms with Crippen molar-refractivity contribution in [3.8, 4) is 0 Å². The summed E-state index contributed by atoms with van der Waals surface area (Å²) in [5.41, 5.74) is 5.97. The first-order valence-corrected chi connectivity index (χ1v) is 6.47. The number of likely N-dealkylation sites (tertiary alicyclic amines) is 1. The smallest absolute Gasteiger partial charge is 0.144 e. The molecule has 0 saturated carbocycles. The first-order chi connectivity index (χ1) is 8.08. The molecule has 0 bridgehead atoms. The fraction of sp³-hybridized carbons (Fsp3) is 0.500. The highest BCUT2D eigenvalue weighted by molar-refractivity contribution is 9.10. The van der Waals surface area contributed by atoms with Crippen LogP contribution in [0.15, 0.2) is 16.6 Å². The molecule has 94 valence electrons. The molecule has 0 aromatic heterocycles. The van der Waals surface area contributed by atoms with Gasteiger partial charge in [-0.3, -0.25) is 4.90 Å². The number of nitrogens with two attached hydrogens (primary N) is 1. The molecule has 2 nitrogen and oxygen atoms in total. The Morgan fingerprint density at radius 2 is 2.18 bits per heavy atom. The molecule has 5 heteroatoms. The number of rotatable bonds is 2. The Bertz CT molecular complexity index is 412. The van der Waals surface area contributed by atoms with Gasteiger partial charge in [0.15, 0.2) is 0 Å². The third kappa shape index (κ3) is 3.03. The average molecular weight is 305 g/mol.